The fourth-order valence-corrected chi connectivity index (χ4v) is 3.60. The van der Waals surface area contributed by atoms with Crippen molar-refractivity contribution >= 4 is 41.0 Å². The third-order valence-electron chi connectivity index (χ3n) is 4.82. The highest BCUT2D eigenvalue weighted by Crippen LogP contribution is 2.38. The van der Waals surface area contributed by atoms with Gasteiger partial charge in [0.15, 0.2) is 0 Å². The van der Waals surface area contributed by atoms with Crippen LogP contribution in [0.1, 0.15) is 51.5 Å². The number of carbonyl (C=O) groups excluding carboxylic acids is 3. The molecule has 2 amide bonds. The summed E-state index contributed by atoms with van der Waals surface area (Å²) in [6.07, 6.45) is 1.86. The van der Waals surface area contributed by atoms with E-state index in [4.69, 9.17) is 27.9 Å². The van der Waals surface area contributed by atoms with Crippen molar-refractivity contribution in [2.45, 2.75) is 46.0 Å². The van der Waals surface area contributed by atoms with Crippen molar-refractivity contribution in [1.82, 2.24) is 10.2 Å². The standard InChI is InChI=1S/C21H26Cl2N2O4/c1-4-6-9-24-18(26)12-25-13(3)20(21(28)29-5-2)15(11-19(25)27)14-7-8-16(22)17(23)10-14/h7-8,10,15H,4-6,9,11-12H2,1-3H3,(H,24,26). The van der Waals surface area contributed by atoms with E-state index < -0.39 is 11.9 Å². The highest BCUT2D eigenvalue weighted by Gasteiger charge is 2.37. The number of benzene rings is 1. The van der Waals surface area contributed by atoms with Gasteiger partial charge in [0.2, 0.25) is 11.8 Å². The van der Waals surface area contributed by atoms with Crippen LogP contribution in [0, 0.1) is 0 Å². The van der Waals surface area contributed by atoms with Crippen molar-refractivity contribution < 1.29 is 19.1 Å². The van der Waals surface area contributed by atoms with Gasteiger partial charge in [-0.1, -0.05) is 42.6 Å². The molecule has 1 aromatic rings. The number of esters is 1. The number of nitrogens with zero attached hydrogens (tertiary/aromatic N) is 1. The summed E-state index contributed by atoms with van der Waals surface area (Å²) in [5, 5.41) is 3.53. The highest BCUT2D eigenvalue weighted by atomic mass is 35.5. The van der Waals surface area contributed by atoms with Crippen molar-refractivity contribution in [2.75, 3.05) is 19.7 Å². The minimum absolute atomic E-state index is 0.0334. The van der Waals surface area contributed by atoms with Gasteiger partial charge in [-0.3, -0.25) is 9.59 Å². The van der Waals surface area contributed by atoms with Crippen LogP contribution in [0.3, 0.4) is 0 Å². The third kappa shape index (κ3) is 5.73. The van der Waals surface area contributed by atoms with Crippen LogP contribution in [-0.4, -0.2) is 42.4 Å². The molecule has 158 valence electrons. The fourth-order valence-electron chi connectivity index (χ4n) is 3.29. The van der Waals surface area contributed by atoms with Crippen LogP contribution in [0.15, 0.2) is 29.5 Å². The van der Waals surface area contributed by atoms with Gasteiger partial charge in [0.25, 0.3) is 0 Å². The summed E-state index contributed by atoms with van der Waals surface area (Å²) in [7, 11) is 0. The van der Waals surface area contributed by atoms with E-state index >= 15 is 0 Å². The second-order valence-electron chi connectivity index (χ2n) is 6.83. The van der Waals surface area contributed by atoms with E-state index in [-0.39, 0.29) is 31.4 Å². The first-order valence-electron chi connectivity index (χ1n) is 9.70. The summed E-state index contributed by atoms with van der Waals surface area (Å²) in [5.41, 5.74) is 1.47. The maximum Gasteiger partial charge on any atom is 0.336 e. The van der Waals surface area contributed by atoms with Crippen LogP contribution >= 0.6 is 23.2 Å². The summed E-state index contributed by atoms with van der Waals surface area (Å²) < 4.78 is 5.23. The number of allylic oxidation sites excluding steroid dienone is 1. The summed E-state index contributed by atoms with van der Waals surface area (Å²) in [6.45, 7) is 6.03. The van der Waals surface area contributed by atoms with Crippen molar-refractivity contribution in [3.8, 4) is 0 Å². The Morgan fingerprint density at radius 3 is 2.59 bits per heavy atom. The van der Waals surface area contributed by atoms with E-state index in [1.807, 2.05) is 6.92 Å². The zero-order valence-electron chi connectivity index (χ0n) is 16.9. The number of unbranched alkanes of at least 4 members (excludes halogenated alkanes) is 1. The van der Waals surface area contributed by atoms with Crippen LogP contribution in [0.25, 0.3) is 0 Å². The van der Waals surface area contributed by atoms with Crippen LogP contribution in [0.5, 0.6) is 0 Å². The lowest BCUT2D eigenvalue weighted by molar-refractivity contribution is -0.141. The Labute approximate surface area is 181 Å². The summed E-state index contributed by atoms with van der Waals surface area (Å²) in [6, 6.07) is 5.03. The van der Waals surface area contributed by atoms with Crippen molar-refractivity contribution in [2.24, 2.45) is 0 Å². The Hall–Kier alpha value is -2.05. The van der Waals surface area contributed by atoms with E-state index in [1.165, 1.54) is 4.90 Å². The molecule has 0 bridgehead atoms. The van der Waals surface area contributed by atoms with Gasteiger partial charge in [-0.2, -0.15) is 0 Å². The second kappa shape index (κ2) is 10.6. The van der Waals surface area contributed by atoms with Crippen molar-refractivity contribution in [1.29, 1.82) is 0 Å². The SMILES string of the molecule is CCCCNC(=O)CN1C(=O)CC(c2ccc(Cl)c(Cl)c2)C(C(=O)OCC)=C1C. The van der Waals surface area contributed by atoms with Gasteiger partial charge < -0.3 is 15.0 Å². The Bertz CT molecular complexity index is 823. The lowest BCUT2D eigenvalue weighted by Gasteiger charge is -2.34. The fraction of sp³-hybridized carbons (Fsp3) is 0.476. The third-order valence-corrected chi connectivity index (χ3v) is 5.56. The molecule has 6 nitrogen and oxygen atoms in total. The largest absolute Gasteiger partial charge is 0.463 e. The summed E-state index contributed by atoms with van der Waals surface area (Å²) >= 11 is 12.1. The summed E-state index contributed by atoms with van der Waals surface area (Å²) in [4.78, 5) is 39.1. The minimum Gasteiger partial charge on any atom is -0.463 e. The van der Waals surface area contributed by atoms with E-state index in [0.29, 0.717) is 33.4 Å². The predicted molar refractivity (Wildman–Crippen MR) is 113 cm³/mol. The minimum atomic E-state index is -0.518. The normalized spacial score (nSPS) is 16.8. The highest BCUT2D eigenvalue weighted by molar-refractivity contribution is 6.42. The molecule has 0 aliphatic carbocycles. The van der Waals surface area contributed by atoms with Crippen LogP contribution in [-0.2, 0) is 19.1 Å². The van der Waals surface area contributed by atoms with Gasteiger partial charge in [0.1, 0.15) is 6.54 Å². The molecule has 0 spiro atoms. The molecule has 8 heteroatoms. The Morgan fingerprint density at radius 1 is 1.24 bits per heavy atom. The smallest absolute Gasteiger partial charge is 0.336 e. The average Bonchev–Trinajstić information content (AvgIpc) is 2.67. The molecule has 1 atom stereocenters. The number of halogens is 2. The number of hydrogen-bond acceptors (Lipinski definition) is 4. The quantitative estimate of drug-likeness (QED) is 0.488. The van der Waals surface area contributed by atoms with Crippen molar-refractivity contribution in [3.05, 3.63) is 45.1 Å². The van der Waals surface area contributed by atoms with Gasteiger partial charge in [-0.25, -0.2) is 4.79 Å². The van der Waals surface area contributed by atoms with E-state index in [9.17, 15) is 14.4 Å². The van der Waals surface area contributed by atoms with E-state index in [1.54, 1.807) is 32.0 Å². The van der Waals surface area contributed by atoms with Crippen LogP contribution in [0.2, 0.25) is 10.0 Å². The Morgan fingerprint density at radius 2 is 1.97 bits per heavy atom. The number of ether oxygens (including phenoxy) is 1. The number of nitrogens with one attached hydrogen (secondary N) is 1. The van der Waals surface area contributed by atoms with Crippen LogP contribution in [0.4, 0.5) is 0 Å². The molecule has 0 fully saturated rings. The topological polar surface area (TPSA) is 75.7 Å². The lowest BCUT2D eigenvalue weighted by Crippen LogP contribution is -2.44. The lowest BCUT2D eigenvalue weighted by atomic mass is 9.83. The predicted octanol–water partition coefficient (Wildman–Crippen LogP) is 4.06. The zero-order valence-corrected chi connectivity index (χ0v) is 18.4. The van der Waals surface area contributed by atoms with Gasteiger partial charge in [0.05, 0.1) is 22.2 Å². The molecule has 0 saturated heterocycles. The summed E-state index contributed by atoms with van der Waals surface area (Å²) in [5.74, 6) is -1.53. The first-order chi connectivity index (χ1) is 13.8. The van der Waals surface area contributed by atoms with Crippen LogP contribution < -0.4 is 5.32 Å². The number of rotatable bonds is 8. The van der Waals surface area contributed by atoms with E-state index in [0.717, 1.165) is 12.8 Å². The molecule has 1 N–H and O–H groups in total. The average molecular weight is 441 g/mol. The molecule has 0 saturated carbocycles. The molecule has 1 unspecified atom stereocenters. The van der Waals surface area contributed by atoms with Crippen molar-refractivity contribution in [3.63, 3.8) is 0 Å². The van der Waals surface area contributed by atoms with Gasteiger partial charge in [-0.05, 0) is 38.0 Å². The van der Waals surface area contributed by atoms with Gasteiger partial charge >= 0.3 is 5.97 Å². The monoisotopic (exact) mass is 440 g/mol. The molecule has 1 aromatic carbocycles. The first kappa shape index (κ1) is 23.2. The molecule has 2 rings (SSSR count). The molecular formula is C21H26Cl2N2O4. The number of hydrogen-bond donors (Lipinski definition) is 1. The molecule has 0 radical (unpaired) electrons. The second-order valence-corrected chi connectivity index (χ2v) is 7.65. The molecule has 0 aromatic heterocycles. The Balaban J connectivity index is 2.38. The molecule has 1 aliphatic heterocycles. The zero-order chi connectivity index (χ0) is 21.6. The van der Waals surface area contributed by atoms with Gasteiger partial charge in [0, 0.05) is 24.6 Å². The van der Waals surface area contributed by atoms with E-state index in [2.05, 4.69) is 5.32 Å². The molecule has 29 heavy (non-hydrogen) atoms. The number of carbonyl (C=O) groups is 3. The maximum atomic E-state index is 12.8. The first-order valence-corrected chi connectivity index (χ1v) is 10.5. The van der Waals surface area contributed by atoms with Gasteiger partial charge in [-0.15, -0.1) is 0 Å². The molecular weight excluding hydrogens is 415 g/mol. The molecule has 1 heterocycles. The molecule has 1 aliphatic rings. The maximum absolute atomic E-state index is 12.8. The Kier molecular flexibility index (Phi) is 8.53. The number of amides is 2.